The molecule has 0 radical (unpaired) electrons. The average Bonchev–Trinajstić information content (AvgIpc) is 2.33. The minimum atomic E-state index is -0.642. The van der Waals surface area contributed by atoms with Gasteiger partial charge in [-0.2, -0.15) is 10.5 Å². The fourth-order valence-corrected chi connectivity index (χ4v) is 1.55. The lowest BCUT2D eigenvalue weighted by atomic mass is 9.96. The van der Waals surface area contributed by atoms with E-state index in [4.69, 9.17) is 10.5 Å². The highest BCUT2D eigenvalue weighted by molar-refractivity contribution is 5.34. The summed E-state index contributed by atoms with van der Waals surface area (Å²) in [7, 11) is 0. The van der Waals surface area contributed by atoms with Crippen LogP contribution in [0.4, 0.5) is 0 Å². The normalized spacial score (nSPS) is 9.18. The molecule has 1 rings (SSSR count). The third-order valence-electron chi connectivity index (χ3n) is 2.19. The molecule has 90 valence electrons. The first-order chi connectivity index (χ1) is 8.17. The third kappa shape index (κ3) is 5.18. The van der Waals surface area contributed by atoms with Crippen molar-refractivity contribution in [1.29, 1.82) is 10.5 Å². The lowest BCUT2D eigenvalue weighted by Gasteiger charge is -2.07. The molecule has 0 fully saturated rings. The molecule has 0 heterocycles. The van der Waals surface area contributed by atoms with Crippen molar-refractivity contribution in [2.75, 3.05) is 0 Å². The molecule has 1 aromatic carbocycles. The van der Waals surface area contributed by atoms with Gasteiger partial charge in [0.2, 0.25) is 0 Å². The van der Waals surface area contributed by atoms with Crippen LogP contribution < -0.4 is 0 Å². The van der Waals surface area contributed by atoms with Crippen LogP contribution in [0.15, 0.2) is 24.3 Å². The molecule has 0 spiro atoms. The van der Waals surface area contributed by atoms with E-state index in [1.807, 2.05) is 50.3 Å². The molecule has 0 saturated heterocycles. The van der Waals surface area contributed by atoms with E-state index in [2.05, 4.69) is 13.8 Å². The Hall–Kier alpha value is -1.80. The van der Waals surface area contributed by atoms with Gasteiger partial charge in [0.1, 0.15) is 0 Å². The summed E-state index contributed by atoms with van der Waals surface area (Å²) >= 11 is 0. The molecular formula is C15H20N2. The van der Waals surface area contributed by atoms with Gasteiger partial charge in [-0.25, -0.2) is 0 Å². The first-order valence-electron chi connectivity index (χ1n) is 6.05. The summed E-state index contributed by atoms with van der Waals surface area (Å²) < 4.78 is 0. The molecule has 0 amide bonds. The van der Waals surface area contributed by atoms with Crippen LogP contribution in [0.1, 0.15) is 44.7 Å². The topological polar surface area (TPSA) is 47.6 Å². The SMILES string of the molecule is CC.CC(C)Cc1cccc(C(C#N)C#N)c1. The molecular weight excluding hydrogens is 208 g/mol. The van der Waals surface area contributed by atoms with E-state index in [0.29, 0.717) is 5.92 Å². The van der Waals surface area contributed by atoms with Crippen molar-refractivity contribution in [2.45, 2.75) is 40.0 Å². The van der Waals surface area contributed by atoms with Gasteiger partial charge in [0.15, 0.2) is 5.92 Å². The third-order valence-corrected chi connectivity index (χ3v) is 2.19. The van der Waals surface area contributed by atoms with E-state index in [1.54, 1.807) is 0 Å². The van der Waals surface area contributed by atoms with E-state index < -0.39 is 5.92 Å². The van der Waals surface area contributed by atoms with Crippen LogP contribution in [0, 0.1) is 28.6 Å². The van der Waals surface area contributed by atoms with Crippen LogP contribution in [0.3, 0.4) is 0 Å². The molecule has 2 heteroatoms. The Bertz CT molecular complexity index is 394. The number of nitriles is 2. The van der Waals surface area contributed by atoms with Crippen molar-refractivity contribution in [3.05, 3.63) is 35.4 Å². The summed E-state index contributed by atoms with van der Waals surface area (Å²) in [6.07, 6.45) is 0.984. The summed E-state index contributed by atoms with van der Waals surface area (Å²) in [4.78, 5) is 0. The average molecular weight is 228 g/mol. The molecule has 0 atom stereocenters. The maximum Gasteiger partial charge on any atom is 0.158 e. The number of hydrogen-bond donors (Lipinski definition) is 0. The molecule has 0 aliphatic heterocycles. The number of hydrogen-bond acceptors (Lipinski definition) is 2. The van der Waals surface area contributed by atoms with Crippen LogP contribution in [0.2, 0.25) is 0 Å². The molecule has 17 heavy (non-hydrogen) atoms. The van der Waals surface area contributed by atoms with Crippen LogP contribution in [-0.4, -0.2) is 0 Å². The Kier molecular flexibility index (Phi) is 7.48. The van der Waals surface area contributed by atoms with Crippen molar-refractivity contribution in [3.8, 4) is 12.1 Å². The number of benzene rings is 1. The maximum absolute atomic E-state index is 8.78. The van der Waals surface area contributed by atoms with Crippen LogP contribution >= 0.6 is 0 Å². The van der Waals surface area contributed by atoms with Gasteiger partial charge in [-0.05, 0) is 23.5 Å². The zero-order valence-corrected chi connectivity index (χ0v) is 11.1. The van der Waals surface area contributed by atoms with Crippen LogP contribution in [0.5, 0.6) is 0 Å². The molecule has 0 N–H and O–H groups in total. The molecule has 0 saturated carbocycles. The summed E-state index contributed by atoms with van der Waals surface area (Å²) in [6.45, 7) is 8.30. The van der Waals surface area contributed by atoms with Crippen molar-refractivity contribution in [2.24, 2.45) is 5.92 Å². The first kappa shape index (κ1) is 15.2. The van der Waals surface area contributed by atoms with Crippen LogP contribution in [-0.2, 0) is 6.42 Å². The number of nitrogens with zero attached hydrogens (tertiary/aromatic N) is 2. The lowest BCUT2D eigenvalue weighted by Crippen LogP contribution is -1.97. The molecule has 2 nitrogen and oxygen atoms in total. The fraction of sp³-hybridized carbons (Fsp3) is 0.467. The van der Waals surface area contributed by atoms with E-state index in [1.165, 1.54) is 5.56 Å². The van der Waals surface area contributed by atoms with Gasteiger partial charge in [0.25, 0.3) is 0 Å². The van der Waals surface area contributed by atoms with Gasteiger partial charge in [0.05, 0.1) is 12.1 Å². The highest BCUT2D eigenvalue weighted by Crippen LogP contribution is 2.17. The van der Waals surface area contributed by atoms with Crippen molar-refractivity contribution in [1.82, 2.24) is 0 Å². The molecule has 0 unspecified atom stereocenters. The predicted molar refractivity (Wildman–Crippen MR) is 70.3 cm³/mol. The second kappa shape index (κ2) is 8.36. The van der Waals surface area contributed by atoms with Gasteiger partial charge in [-0.1, -0.05) is 52.0 Å². The molecule has 0 bridgehead atoms. The Morgan fingerprint density at radius 3 is 2.18 bits per heavy atom. The minimum absolute atomic E-state index is 0.586. The molecule has 0 aliphatic rings. The summed E-state index contributed by atoms with van der Waals surface area (Å²) in [5.41, 5.74) is 2.00. The summed E-state index contributed by atoms with van der Waals surface area (Å²) in [6, 6.07) is 11.7. The van der Waals surface area contributed by atoms with Gasteiger partial charge in [-0.3, -0.25) is 0 Å². The zero-order chi connectivity index (χ0) is 13.3. The molecule has 1 aromatic rings. The van der Waals surface area contributed by atoms with E-state index >= 15 is 0 Å². The Labute approximate surface area is 105 Å². The second-order valence-electron chi connectivity index (χ2n) is 4.03. The lowest BCUT2D eigenvalue weighted by molar-refractivity contribution is 0.647. The van der Waals surface area contributed by atoms with Gasteiger partial charge >= 0.3 is 0 Å². The van der Waals surface area contributed by atoms with Crippen molar-refractivity contribution >= 4 is 0 Å². The van der Waals surface area contributed by atoms with E-state index in [0.717, 1.165) is 12.0 Å². The standard InChI is InChI=1S/C13H14N2.C2H6/c1-10(2)6-11-4-3-5-12(7-11)13(8-14)9-15;1-2/h3-5,7,10,13H,6H2,1-2H3;1-2H3. The predicted octanol–water partition coefficient (Wildman–Crippen LogP) is 4.04. The molecule has 0 aromatic heterocycles. The molecule has 0 aliphatic carbocycles. The Morgan fingerprint density at radius 2 is 1.71 bits per heavy atom. The smallest absolute Gasteiger partial charge is 0.158 e. The monoisotopic (exact) mass is 228 g/mol. The Morgan fingerprint density at radius 1 is 1.12 bits per heavy atom. The van der Waals surface area contributed by atoms with Gasteiger partial charge in [0, 0.05) is 0 Å². The quantitative estimate of drug-likeness (QED) is 0.783. The highest BCUT2D eigenvalue weighted by Gasteiger charge is 2.09. The van der Waals surface area contributed by atoms with E-state index in [9.17, 15) is 0 Å². The van der Waals surface area contributed by atoms with Gasteiger partial charge < -0.3 is 0 Å². The van der Waals surface area contributed by atoms with Gasteiger partial charge in [-0.15, -0.1) is 0 Å². The maximum atomic E-state index is 8.78. The second-order valence-corrected chi connectivity index (χ2v) is 4.03. The largest absolute Gasteiger partial charge is 0.196 e. The minimum Gasteiger partial charge on any atom is -0.196 e. The first-order valence-corrected chi connectivity index (χ1v) is 6.05. The highest BCUT2D eigenvalue weighted by atomic mass is 14.3. The van der Waals surface area contributed by atoms with Crippen molar-refractivity contribution in [3.63, 3.8) is 0 Å². The zero-order valence-electron chi connectivity index (χ0n) is 11.1. The fourth-order valence-electron chi connectivity index (χ4n) is 1.55. The number of rotatable bonds is 3. The summed E-state index contributed by atoms with van der Waals surface area (Å²) in [5.74, 6) is -0.0556. The van der Waals surface area contributed by atoms with Crippen LogP contribution in [0.25, 0.3) is 0 Å². The van der Waals surface area contributed by atoms with Crippen molar-refractivity contribution < 1.29 is 0 Å². The summed E-state index contributed by atoms with van der Waals surface area (Å²) in [5, 5.41) is 17.6. The Balaban J connectivity index is 0.00000121. The van der Waals surface area contributed by atoms with E-state index in [-0.39, 0.29) is 0 Å².